The van der Waals surface area contributed by atoms with Crippen LogP contribution in [0.15, 0.2) is 48.5 Å². The topological polar surface area (TPSA) is 101 Å². The summed E-state index contributed by atoms with van der Waals surface area (Å²) < 4.78 is 1.55. The molecule has 0 saturated heterocycles. The van der Waals surface area contributed by atoms with Gasteiger partial charge in [0.1, 0.15) is 5.82 Å². The van der Waals surface area contributed by atoms with Crippen molar-refractivity contribution in [3.05, 3.63) is 76.5 Å². The minimum absolute atomic E-state index is 0.0614. The van der Waals surface area contributed by atoms with Crippen molar-refractivity contribution >= 4 is 23.5 Å². The van der Waals surface area contributed by atoms with E-state index in [0.29, 0.717) is 28.3 Å². The van der Waals surface area contributed by atoms with Gasteiger partial charge in [-0.3, -0.25) is 9.59 Å². The Hall–Kier alpha value is -3.74. The molecule has 2 N–H and O–H groups in total. The van der Waals surface area contributed by atoms with Gasteiger partial charge in [0.2, 0.25) is 5.91 Å². The first-order valence-electron chi connectivity index (χ1n) is 9.75. The number of carbonyl (C=O) groups is 3. The summed E-state index contributed by atoms with van der Waals surface area (Å²) in [4.78, 5) is 36.8. The normalized spacial score (nSPS) is 15.4. The summed E-state index contributed by atoms with van der Waals surface area (Å²) in [6.07, 6.45) is 0.947. The average molecular weight is 403 g/mol. The molecule has 1 aromatic heterocycles. The number of Topliss-reactive ketones (excluding diaryl/α,β-unsaturated/α-hetero) is 1. The molecule has 0 aliphatic carbocycles. The third kappa shape index (κ3) is 3.39. The van der Waals surface area contributed by atoms with E-state index in [1.165, 1.54) is 12.1 Å². The van der Waals surface area contributed by atoms with E-state index in [1.54, 1.807) is 35.9 Å². The number of ketones is 1. The van der Waals surface area contributed by atoms with Gasteiger partial charge in [-0.05, 0) is 43.2 Å². The fourth-order valence-corrected chi connectivity index (χ4v) is 3.81. The Balaban J connectivity index is 1.75. The Bertz CT molecular complexity index is 1140. The van der Waals surface area contributed by atoms with Crippen LogP contribution in [0.5, 0.6) is 0 Å². The number of aryl methyl sites for hydroxylation is 2. The Morgan fingerprint density at radius 1 is 1.10 bits per heavy atom. The predicted octanol–water partition coefficient (Wildman–Crippen LogP) is 3.75. The van der Waals surface area contributed by atoms with Crippen LogP contribution in [0.4, 0.5) is 5.82 Å². The molecule has 1 unspecified atom stereocenters. The number of carboxylic acids is 1. The zero-order chi connectivity index (χ0) is 21.4. The van der Waals surface area contributed by atoms with Crippen molar-refractivity contribution < 1.29 is 19.5 Å². The number of rotatable bonds is 5. The molecular weight excluding hydrogens is 382 g/mol. The van der Waals surface area contributed by atoms with E-state index in [2.05, 4.69) is 17.3 Å². The third-order valence-electron chi connectivity index (χ3n) is 5.42. The van der Waals surface area contributed by atoms with E-state index < -0.39 is 11.9 Å². The van der Waals surface area contributed by atoms with Crippen molar-refractivity contribution in [3.63, 3.8) is 0 Å². The lowest BCUT2D eigenvalue weighted by Crippen LogP contribution is -2.28. The highest BCUT2D eigenvalue weighted by atomic mass is 16.4. The van der Waals surface area contributed by atoms with Crippen LogP contribution in [0.3, 0.4) is 0 Å². The van der Waals surface area contributed by atoms with E-state index >= 15 is 0 Å². The van der Waals surface area contributed by atoms with E-state index in [-0.39, 0.29) is 23.7 Å². The number of benzene rings is 2. The molecule has 1 aliphatic heterocycles. The van der Waals surface area contributed by atoms with Gasteiger partial charge in [0.05, 0.1) is 22.9 Å². The number of aromatic nitrogens is 2. The minimum atomic E-state index is -1.02. The van der Waals surface area contributed by atoms with Crippen LogP contribution in [-0.2, 0) is 11.2 Å². The summed E-state index contributed by atoms with van der Waals surface area (Å²) in [5.41, 5.74) is 3.81. The van der Waals surface area contributed by atoms with Gasteiger partial charge >= 0.3 is 5.97 Å². The zero-order valence-corrected chi connectivity index (χ0v) is 16.7. The molecule has 2 heterocycles. The zero-order valence-electron chi connectivity index (χ0n) is 16.7. The molecule has 3 aromatic rings. The maximum absolute atomic E-state index is 13.2. The van der Waals surface area contributed by atoms with Gasteiger partial charge in [-0.25, -0.2) is 9.48 Å². The van der Waals surface area contributed by atoms with Crippen LogP contribution in [0.25, 0.3) is 5.69 Å². The SMILES string of the molecule is CCc1ccc(C(=O)C2CC(=O)Nc3c2c(C)nn3-c2ccc(C(=O)O)cc2)cc1. The molecule has 0 fully saturated rings. The number of carbonyl (C=O) groups excluding carboxylic acids is 2. The van der Waals surface area contributed by atoms with Gasteiger partial charge in [-0.1, -0.05) is 31.2 Å². The summed E-state index contributed by atoms with van der Waals surface area (Å²) in [5, 5.41) is 16.5. The van der Waals surface area contributed by atoms with Crippen LogP contribution < -0.4 is 5.32 Å². The standard InChI is InChI=1S/C23H21N3O4/c1-3-14-4-6-15(7-5-14)21(28)18-12-19(27)24-22-20(18)13(2)25-26(22)17-10-8-16(9-11-17)23(29)30/h4-11,18H,3,12H2,1-2H3,(H,24,27)(H,29,30). The highest BCUT2D eigenvalue weighted by Gasteiger charge is 2.36. The Kier molecular flexibility index (Phi) is 4.95. The molecule has 1 amide bonds. The molecular formula is C23H21N3O4. The molecule has 7 nitrogen and oxygen atoms in total. The summed E-state index contributed by atoms with van der Waals surface area (Å²) in [6.45, 7) is 3.86. The van der Waals surface area contributed by atoms with Crippen molar-refractivity contribution in [2.45, 2.75) is 32.6 Å². The Morgan fingerprint density at radius 2 is 1.73 bits per heavy atom. The molecule has 2 aromatic carbocycles. The number of hydrogen-bond donors (Lipinski definition) is 2. The maximum atomic E-state index is 13.2. The largest absolute Gasteiger partial charge is 0.478 e. The molecule has 1 atom stereocenters. The number of aromatic carboxylic acids is 1. The van der Waals surface area contributed by atoms with Gasteiger partial charge in [0.15, 0.2) is 5.78 Å². The smallest absolute Gasteiger partial charge is 0.335 e. The van der Waals surface area contributed by atoms with Gasteiger partial charge in [0, 0.05) is 17.5 Å². The van der Waals surface area contributed by atoms with Gasteiger partial charge < -0.3 is 10.4 Å². The second-order valence-electron chi connectivity index (χ2n) is 7.33. The van der Waals surface area contributed by atoms with E-state index in [0.717, 1.165) is 12.0 Å². The van der Waals surface area contributed by atoms with Gasteiger partial charge in [0.25, 0.3) is 0 Å². The lowest BCUT2D eigenvalue weighted by molar-refractivity contribution is -0.116. The number of amides is 1. The first kappa shape index (κ1) is 19.6. The third-order valence-corrected chi connectivity index (χ3v) is 5.42. The van der Waals surface area contributed by atoms with Crippen LogP contribution in [0.2, 0.25) is 0 Å². The van der Waals surface area contributed by atoms with E-state index in [9.17, 15) is 14.4 Å². The summed E-state index contributed by atoms with van der Waals surface area (Å²) in [5.74, 6) is -1.55. The second kappa shape index (κ2) is 7.59. The van der Waals surface area contributed by atoms with E-state index in [4.69, 9.17) is 5.11 Å². The molecule has 0 saturated carbocycles. The molecule has 7 heteroatoms. The maximum Gasteiger partial charge on any atom is 0.335 e. The molecule has 1 aliphatic rings. The minimum Gasteiger partial charge on any atom is -0.478 e. The monoisotopic (exact) mass is 403 g/mol. The van der Waals surface area contributed by atoms with Crippen molar-refractivity contribution in [1.82, 2.24) is 9.78 Å². The van der Waals surface area contributed by atoms with Gasteiger partial charge in [-0.2, -0.15) is 5.10 Å². The molecule has 0 bridgehead atoms. The fraction of sp³-hybridized carbons (Fsp3) is 0.217. The Labute approximate surface area is 173 Å². The first-order valence-corrected chi connectivity index (χ1v) is 9.75. The van der Waals surface area contributed by atoms with Crippen molar-refractivity contribution in [3.8, 4) is 5.69 Å². The molecule has 30 heavy (non-hydrogen) atoms. The number of nitrogens with one attached hydrogen (secondary N) is 1. The highest BCUT2D eigenvalue weighted by molar-refractivity contribution is 6.08. The number of hydrogen-bond acceptors (Lipinski definition) is 4. The molecule has 4 rings (SSSR count). The molecule has 0 radical (unpaired) electrons. The quantitative estimate of drug-likeness (QED) is 0.632. The molecule has 152 valence electrons. The second-order valence-corrected chi connectivity index (χ2v) is 7.33. The number of carboxylic acid groups (broad SMARTS) is 1. The predicted molar refractivity (Wildman–Crippen MR) is 111 cm³/mol. The van der Waals surface area contributed by atoms with Crippen molar-refractivity contribution in [2.75, 3.05) is 5.32 Å². The lowest BCUT2D eigenvalue weighted by atomic mass is 9.85. The fourth-order valence-electron chi connectivity index (χ4n) is 3.81. The highest BCUT2D eigenvalue weighted by Crippen LogP contribution is 2.38. The number of anilines is 1. The lowest BCUT2D eigenvalue weighted by Gasteiger charge is -2.23. The van der Waals surface area contributed by atoms with Crippen LogP contribution in [0, 0.1) is 6.92 Å². The average Bonchev–Trinajstić information content (AvgIpc) is 3.09. The summed E-state index contributed by atoms with van der Waals surface area (Å²) in [7, 11) is 0. The summed E-state index contributed by atoms with van der Waals surface area (Å²) in [6, 6.07) is 13.7. The molecule has 0 spiro atoms. The number of fused-ring (bicyclic) bond motifs is 1. The summed E-state index contributed by atoms with van der Waals surface area (Å²) >= 11 is 0. The first-order chi connectivity index (χ1) is 14.4. The number of nitrogens with zero attached hydrogens (tertiary/aromatic N) is 2. The Morgan fingerprint density at radius 3 is 2.33 bits per heavy atom. The van der Waals surface area contributed by atoms with Crippen molar-refractivity contribution in [1.29, 1.82) is 0 Å². The van der Waals surface area contributed by atoms with Crippen molar-refractivity contribution in [2.24, 2.45) is 0 Å². The van der Waals surface area contributed by atoms with Crippen LogP contribution >= 0.6 is 0 Å². The van der Waals surface area contributed by atoms with Crippen LogP contribution in [-0.4, -0.2) is 32.5 Å². The van der Waals surface area contributed by atoms with Gasteiger partial charge in [-0.15, -0.1) is 0 Å². The van der Waals surface area contributed by atoms with Crippen LogP contribution in [0.1, 0.15) is 56.8 Å². The van der Waals surface area contributed by atoms with E-state index in [1.807, 2.05) is 12.1 Å².